The number of aryl methyl sites for hydroxylation is 2. The summed E-state index contributed by atoms with van der Waals surface area (Å²) in [4.78, 5) is 42.6. The smallest absolute Gasteiger partial charge is 0.220 e. The maximum atomic E-state index is 12.8. The van der Waals surface area contributed by atoms with Crippen LogP contribution in [0.1, 0.15) is 104 Å². The Labute approximate surface area is 277 Å². The fourth-order valence-electron chi connectivity index (χ4n) is 6.40. The molecule has 4 N–H and O–H groups in total. The highest BCUT2D eigenvalue weighted by Gasteiger charge is 2.23. The average molecular weight is 631 g/mol. The van der Waals surface area contributed by atoms with Crippen LogP contribution in [0.5, 0.6) is 0 Å². The largest absolute Gasteiger partial charge is 0.359 e. The summed E-state index contributed by atoms with van der Waals surface area (Å²) in [6, 6.07) is 8.29. The van der Waals surface area contributed by atoms with Crippen LogP contribution in [-0.2, 0) is 9.59 Å². The molecule has 0 saturated carbocycles. The van der Waals surface area contributed by atoms with Gasteiger partial charge in [0.2, 0.25) is 11.8 Å². The number of aromatic amines is 2. The third-order valence-corrected chi connectivity index (χ3v) is 9.38. The van der Waals surface area contributed by atoms with Gasteiger partial charge in [0, 0.05) is 59.6 Å². The van der Waals surface area contributed by atoms with Gasteiger partial charge in [0.25, 0.3) is 0 Å². The molecule has 8 heteroatoms. The molecule has 5 rings (SSSR count). The lowest BCUT2D eigenvalue weighted by molar-refractivity contribution is -0.121. The molecule has 0 spiro atoms. The molecule has 0 unspecified atom stereocenters. The molecular weight excluding hydrogens is 584 g/mol. The molecule has 5 heterocycles. The van der Waals surface area contributed by atoms with E-state index in [-0.39, 0.29) is 11.8 Å². The van der Waals surface area contributed by atoms with Gasteiger partial charge in [-0.2, -0.15) is 0 Å². The molecule has 244 valence electrons. The summed E-state index contributed by atoms with van der Waals surface area (Å²) in [6.45, 7) is 19.3. The predicted octanol–water partition coefficient (Wildman–Crippen LogP) is 8.30. The van der Waals surface area contributed by atoms with Gasteiger partial charge < -0.3 is 20.6 Å². The SMILES string of the molecule is C=Cc1c(C)c2cc3[nH]c(cc4nc(cc5nc(cc1[nH]2)C(C)=C5CCC(=O)NC)C(CCC(=O)NCCCC)=C4C)c(C)c3C=C. The first-order valence-electron chi connectivity index (χ1n) is 16.5. The van der Waals surface area contributed by atoms with Crippen LogP contribution in [0, 0.1) is 13.8 Å². The van der Waals surface area contributed by atoms with Crippen molar-refractivity contribution < 1.29 is 9.59 Å². The summed E-state index contributed by atoms with van der Waals surface area (Å²) in [5.41, 5.74) is 15.3. The average Bonchev–Trinajstić information content (AvgIpc) is 3.71. The summed E-state index contributed by atoms with van der Waals surface area (Å²) in [6.07, 6.45) is 7.55. The van der Waals surface area contributed by atoms with Gasteiger partial charge in [0.15, 0.2) is 0 Å². The number of nitrogens with one attached hydrogen (secondary N) is 4. The third-order valence-electron chi connectivity index (χ3n) is 9.38. The van der Waals surface area contributed by atoms with Crippen LogP contribution in [-0.4, -0.2) is 45.3 Å². The Morgan fingerprint density at radius 3 is 1.72 bits per heavy atom. The van der Waals surface area contributed by atoms with E-state index in [0.717, 1.165) is 102 Å². The summed E-state index contributed by atoms with van der Waals surface area (Å²) in [7, 11) is 1.66. The summed E-state index contributed by atoms with van der Waals surface area (Å²) in [5, 5.41) is 5.78. The number of rotatable bonds is 11. The fraction of sp³-hybridized carbons (Fsp3) is 0.333. The Kier molecular flexibility index (Phi) is 10.1. The van der Waals surface area contributed by atoms with Gasteiger partial charge >= 0.3 is 0 Å². The molecule has 0 fully saturated rings. The number of carbonyl (C=O) groups is 2. The highest BCUT2D eigenvalue weighted by atomic mass is 16.2. The van der Waals surface area contributed by atoms with E-state index in [4.69, 9.17) is 9.97 Å². The molecule has 8 bridgehead atoms. The minimum atomic E-state index is -0.0251. The van der Waals surface area contributed by atoms with Crippen molar-refractivity contribution in [2.24, 2.45) is 0 Å². The van der Waals surface area contributed by atoms with Gasteiger partial charge in [-0.1, -0.05) is 38.7 Å². The van der Waals surface area contributed by atoms with Gasteiger partial charge in [-0.05, 0) is 105 Å². The number of H-pyrrole nitrogens is 2. The van der Waals surface area contributed by atoms with E-state index in [2.05, 4.69) is 86.6 Å². The number of amides is 2. The van der Waals surface area contributed by atoms with Crippen molar-refractivity contribution in [3.8, 4) is 0 Å². The number of aromatic nitrogens is 4. The highest BCUT2D eigenvalue weighted by Crippen LogP contribution is 2.38. The van der Waals surface area contributed by atoms with Gasteiger partial charge in [0.05, 0.1) is 22.8 Å². The first-order chi connectivity index (χ1) is 22.6. The van der Waals surface area contributed by atoms with Crippen molar-refractivity contribution in [2.75, 3.05) is 13.6 Å². The van der Waals surface area contributed by atoms with Crippen LogP contribution >= 0.6 is 0 Å². The number of hydrogen-bond donors (Lipinski definition) is 4. The maximum absolute atomic E-state index is 12.8. The van der Waals surface area contributed by atoms with E-state index in [1.54, 1.807) is 7.05 Å². The normalized spacial score (nSPS) is 12.8. The Balaban J connectivity index is 1.80. The van der Waals surface area contributed by atoms with Crippen molar-refractivity contribution in [3.63, 3.8) is 0 Å². The standard InChI is InChI=1S/C39H46N6O2/c1-9-12-17-41-39(47)16-14-29-24(6)31-18-30-22(4)26(10-2)34(42-30)19-32-23(5)27(11-3)35(43-32)20-33-25(7)28(13-15-38(46)40-8)36(45-33)21-37(29)44-31/h10-11,18-21,42-43H,2-3,9,12-17H2,1,4-8H3,(H,40,46)(H,41,47). The molecule has 0 aliphatic carbocycles. The van der Waals surface area contributed by atoms with Crippen molar-refractivity contribution >= 4 is 68.3 Å². The van der Waals surface area contributed by atoms with Crippen LogP contribution in [0.15, 0.2) is 37.4 Å². The molecule has 2 aliphatic heterocycles. The predicted molar refractivity (Wildman–Crippen MR) is 196 cm³/mol. The molecule has 8 nitrogen and oxygen atoms in total. The second kappa shape index (κ2) is 14.2. The van der Waals surface area contributed by atoms with E-state index in [1.807, 2.05) is 18.2 Å². The zero-order valence-corrected chi connectivity index (χ0v) is 28.5. The number of fused-ring (bicyclic) bond motifs is 8. The molecule has 0 aromatic carbocycles. The first kappa shape index (κ1) is 33.4. The molecule has 0 atom stereocenters. The van der Waals surface area contributed by atoms with E-state index in [0.29, 0.717) is 32.2 Å². The van der Waals surface area contributed by atoms with Gasteiger partial charge in [-0.25, -0.2) is 9.97 Å². The molecule has 2 amide bonds. The summed E-state index contributed by atoms with van der Waals surface area (Å²) >= 11 is 0. The van der Waals surface area contributed by atoms with E-state index in [9.17, 15) is 9.59 Å². The monoisotopic (exact) mass is 630 g/mol. The lowest BCUT2D eigenvalue weighted by Gasteiger charge is -2.07. The fourth-order valence-corrected chi connectivity index (χ4v) is 6.40. The number of allylic oxidation sites excluding steroid dienone is 4. The topological polar surface area (TPSA) is 116 Å². The number of carbonyl (C=O) groups excluding carboxylic acids is 2. The number of unbranched alkanes of at least 4 members (excludes halogenated alkanes) is 1. The maximum Gasteiger partial charge on any atom is 0.220 e. The first-order valence-corrected chi connectivity index (χ1v) is 16.5. The Hall–Kier alpha value is -4.98. The number of nitrogens with zero attached hydrogens (tertiary/aromatic N) is 2. The van der Waals surface area contributed by atoms with Gasteiger partial charge in [-0.3, -0.25) is 9.59 Å². The van der Waals surface area contributed by atoms with E-state index >= 15 is 0 Å². The van der Waals surface area contributed by atoms with Gasteiger partial charge in [0.1, 0.15) is 0 Å². The zero-order valence-electron chi connectivity index (χ0n) is 28.5. The van der Waals surface area contributed by atoms with Crippen LogP contribution in [0.25, 0.3) is 56.5 Å². The van der Waals surface area contributed by atoms with Crippen LogP contribution < -0.4 is 10.6 Å². The molecular formula is C39H46N6O2. The van der Waals surface area contributed by atoms with Crippen molar-refractivity contribution in [3.05, 3.63) is 82.5 Å². The Morgan fingerprint density at radius 2 is 1.21 bits per heavy atom. The Bertz CT molecular complexity index is 2000. The van der Waals surface area contributed by atoms with Crippen molar-refractivity contribution in [2.45, 2.75) is 73.1 Å². The van der Waals surface area contributed by atoms with E-state index in [1.165, 1.54) is 0 Å². The number of hydrogen-bond acceptors (Lipinski definition) is 4. The zero-order chi connectivity index (χ0) is 33.8. The molecule has 3 aromatic rings. The van der Waals surface area contributed by atoms with Crippen LogP contribution in [0.3, 0.4) is 0 Å². The second-order valence-electron chi connectivity index (χ2n) is 12.3. The lowest BCUT2D eigenvalue weighted by atomic mass is 9.98. The van der Waals surface area contributed by atoms with Gasteiger partial charge in [-0.15, -0.1) is 0 Å². The van der Waals surface area contributed by atoms with Crippen molar-refractivity contribution in [1.29, 1.82) is 0 Å². The van der Waals surface area contributed by atoms with E-state index < -0.39 is 0 Å². The Morgan fingerprint density at radius 1 is 0.723 bits per heavy atom. The lowest BCUT2D eigenvalue weighted by Crippen LogP contribution is -2.23. The quantitative estimate of drug-likeness (QED) is 0.160. The highest BCUT2D eigenvalue weighted by molar-refractivity contribution is 5.97. The molecule has 3 aromatic heterocycles. The van der Waals surface area contributed by atoms with Crippen LogP contribution in [0.4, 0.5) is 0 Å². The molecule has 0 saturated heterocycles. The van der Waals surface area contributed by atoms with Crippen molar-refractivity contribution in [1.82, 2.24) is 30.6 Å². The second-order valence-corrected chi connectivity index (χ2v) is 12.3. The summed E-state index contributed by atoms with van der Waals surface area (Å²) in [5.74, 6) is 0.0109. The minimum Gasteiger partial charge on any atom is -0.359 e. The minimum absolute atomic E-state index is 0.0251. The third kappa shape index (κ3) is 6.77. The summed E-state index contributed by atoms with van der Waals surface area (Å²) < 4.78 is 0. The van der Waals surface area contributed by atoms with Crippen LogP contribution in [0.2, 0.25) is 0 Å². The molecule has 2 aliphatic rings. The molecule has 47 heavy (non-hydrogen) atoms. The molecule has 0 radical (unpaired) electrons.